The number of aromatic amines is 2. The minimum atomic E-state index is 0.366. The Kier molecular flexibility index (Phi) is 8.33. The highest BCUT2D eigenvalue weighted by atomic mass is 35.5. The molecule has 0 amide bonds. The first-order valence-corrected chi connectivity index (χ1v) is 18.1. The van der Waals surface area contributed by atoms with Crippen LogP contribution in [0.3, 0.4) is 0 Å². The van der Waals surface area contributed by atoms with E-state index in [-0.39, 0.29) is 0 Å². The molecule has 0 saturated heterocycles. The summed E-state index contributed by atoms with van der Waals surface area (Å²) < 4.78 is 0. The Morgan fingerprint density at radius 2 is 0.846 bits per heavy atom. The molecule has 0 saturated carbocycles. The highest BCUT2D eigenvalue weighted by molar-refractivity contribution is 6.52. The van der Waals surface area contributed by atoms with Crippen molar-refractivity contribution in [3.63, 3.8) is 0 Å². The van der Waals surface area contributed by atoms with Gasteiger partial charge in [-0.15, -0.1) is 0 Å². The molecule has 2 N–H and O–H groups in total. The first-order valence-electron chi connectivity index (χ1n) is 16.6. The normalized spacial score (nSPS) is 12.3. The van der Waals surface area contributed by atoms with Crippen molar-refractivity contribution in [2.24, 2.45) is 0 Å². The van der Waals surface area contributed by atoms with Crippen LogP contribution in [0, 0.1) is 0 Å². The average Bonchev–Trinajstić information content (AvgIpc) is 3.96. The lowest BCUT2D eigenvalue weighted by molar-refractivity contribution is 1.31. The number of nitrogens with zero attached hydrogens (tertiary/aromatic N) is 2. The Morgan fingerprint density at radius 3 is 1.33 bits per heavy atom. The Morgan fingerprint density at radius 1 is 0.423 bits per heavy atom. The van der Waals surface area contributed by atoms with Gasteiger partial charge in [-0.25, -0.2) is 9.97 Å². The number of halogens is 4. The van der Waals surface area contributed by atoms with E-state index in [1.165, 1.54) is 0 Å². The zero-order valence-electron chi connectivity index (χ0n) is 27.3. The highest BCUT2D eigenvalue weighted by Gasteiger charge is 2.24. The van der Waals surface area contributed by atoms with E-state index in [0.717, 1.165) is 61.2 Å². The lowest BCUT2D eigenvalue weighted by atomic mass is 10.0. The second-order valence-electron chi connectivity index (χ2n) is 12.4. The van der Waals surface area contributed by atoms with Crippen LogP contribution < -0.4 is 0 Å². The topological polar surface area (TPSA) is 57.4 Å². The van der Waals surface area contributed by atoms with Gasteiger partial charge in [0, 0.05) is 22.3 Å². The second kappa shape index (κ2) is 13.3. The highest BCUT2D eigenvalue weighted by Crippen LogP contribution is 2.45. The minimum absolute atomic E-state index is 0.366. The number of hydrogen-bond donors (Lipinski definition) is 2. The fourth-order valence-electron chi connectivity index (χ4n) is 6.98. The van der Waals surface area contributed by atoms with Crippen molar-refractivity contribution in [3.05, 3.63) is 165 Å². The Hall–Kier alpha value is -5.36. The van der Waals surface area contributed by atoms with Crippen LogP contribution in [0.5, 0.6) is 0 Å². The number of hydrogen-bond acceptors (Lipinski definition) is 2. The summed E-state index contributed by atoms with van der Waals surface area (Å²) in [6, 6.07) is 42.1. The van der Waals surface area contributed by atoms with Gasteiger partial charge in [0.25, 0.3) is 0 Å². The molecule has 2 aliphatic rings. The van der Waals surface area contributed by atoms with Crippen molar-refractivity contribution in [2.45, 2.75) is 0 Å². The van der Waals surface area contributed by atoms with Crippen molar-refractivity contribution < 1.29 is 0 Å². The molecule has 8 heteroatoms. The molecule has 0 fully saturated rings. The average molecular weight is 753 g/mol. The SMILES string of the molecule is ClC1=Cc2nc1c(-c1ccccc1)c1cc(Cl)c([nH]1)c(-c1ccccc1)c1nc(c(-c3ccccc3)c3[nH]c(c(Cl)c3Cl)c2-c2ccccc2)C=C1. The fourth-order valence-corrected chi connectivity index (χ4v) is 7.95. The molecule has 3 aromatic heterocycles. The summed E-state index contributed by atoms with van der Waals surface area (Å²) in [5.41, 5.74) is 12.2. The van der Waals surface area contributed by atoms with Gasteiger partial charge in [0.15, 0.2) is 0 Å². The lowest BCUT2D eigenvalue weighted by Crippen LogP contribution is -1.90. The summed E-state index contributed by atoms with van der Waals surface area (Å²) in [4.78, 5) is 17.9. The van der Waals surface area contributed by atoms with Crippen molar-refractivity contribution >= 4 is 91.7 Å². The molecule has 0 unspecified atom stereocenters. The Balaban J connectivity index is 1.56. The third-order valence-corrected chi connectivity index (χ3v) is 10.7. The summed E-state index contributed by atoms with van der Waals surface area (Å²) in [5, 5.41) is 1.74. The van der Waals surface area contributed by atoms with E-state index < -0.39 is 0 Å². The van der Waals surface area contributed by atoms with E-state index in [0.29, 0.717) is 48.2 Å². The number of fused-ring (bicyclic) bond motifs is 8. The minimum Gasteiger partial charge on any atom is -0.353 e. The van der Waals surface area contributed by atoms with E-state index in [1.807, 2.05) is 133 Å². The third-order valence-electron chi connectivity index (χ3n) is 9.29. The molecule has 7 aromatic rings. The van der Waals surface area contributed by atoms with Gasteiger partial charge in [-0.2, -0.15) is 0 Å². The van der Waals surface area contributed by atoms with Crippen molar-refractivity contribution in [1.29, 1.82) is 0 Å². The van der Waals surface area contributed by atoms with Crippen LogP contribution in [0.25, 0.3) is 89.8 Å². The predicted octanol–water partition coefficient (Wildman–Crippen LogP) is 13.9. The summed E-state index contributed by atoms with van der Waals surface area (Å²) >= 11 is 28.9. The first-order chi connectivity index (χ1) is 25.5. The quantitative estimate of drug-likeness (QED) is 0.188. The Labute approximate surface area is 319 Å². The van der Waals surface area contributed by atoms with Crippen molar-refractivity contribution in [3.8, 4) is 44.5 Å². The maximum atomic E-state index is 7.25. The number of aromatic nitrogens is 4. The standard InChI is InChI=1S/C44H26Cl4N4/c45-29-23-33-37(27-17-9-3-10-18-27)42-30(46)24-34(51-42)38(28-19-11-4-12-20-28)44-40(48)39(47)43(52-44)36(26-15-7-2-8-16-26)32-22-21-31(49-32)35(41(29)50-33)25-13-5-1-6-14-25/h1-24,50,52H. The third kappa shape index (κ3) is 5.56. The van der Waals surface area contributed by atoms with Gasteiger partial charge >= 0.3 is 0 Å². The number of benzene rings is 4. The maximum absolute atomic E-state index is 7.25. The van der Waals surface area contributed by atoms with Gasteiger partial charge in [0.1, 0.15) is 0 Å². The molecular weight excluding hydrogens is 726 g/mol. The molecule has 5 heterocycles. The molecule has 0 atom stereocenters. The summed E-state index contributed by atoms with van der Waals surface area (Å²) in [5.74, 6) is 0. The molecule has 2 aliphatic heterocycles. The van der Waals surface area contributed by atoms with Gasteiger partial charge < -0.3 is 9.97 Å². The maximum Gasteiger partial charge on any atom is 0.0923 e. The van der Waals surface area contributed by atoms with Gasteiger partial charge in [0.2, 0.25) is 0 Å². The molecule has 8 bridgehead atoms. The van der Waals surface area contributed by atoms with Crippen molar-refractivity contribution in [2.75, 3.05) is 0 Å². The second-order valence-corrected chi connectivity index (χ2v) is 14.0. The number of rotatable bonds is 4. The monoisotopic (exact) mass is 750 g/mol. The van der Waals surface area contributed by atoms with Gasteiger partial charge in [-0.05, 0) is 46.5 Å². The van der Waals surface area contributed by atoms with Crippen LogP contribution in [-0.2, 0) is 0 Å². The molecule has 0 radical (unpaired) electrons. The summed E-state index contributed by atoms with van der Waals surface area (Å²) in [7, 11) is 0. The lowest BCUT2D eigenvalue weighted by Gasteiger charge is -2.07. The van der Waals surface area contributed by atoms with Crippen LogP contribution in [0.4, 0.5) is 0 Å². The van der Waals surface area contributed by atoms with Gasteiger partial charge in [0.05, 0.1) is 64.9 Å². The van der Waals surface area contributed by atoms with Crippen LogP contribution in [-0.4, -0.2) is 19.9 Å². The number of nitrogens with one attached hydrogen (secondary N) is 2. The van der Waals surface area contributed by atoms with Gasteiger partial charge in [-0.3, -0.25) is 0 Å². The Bertz CT molecular complexity index is 2750. The molecule has 52 heavy (non-hydrogen) atoms. The zero-order chi connectivity index (χ0) is 35.3. The summed E-state index contributed by atoms with van der Waals surface area (Å²) in [6.45, 7) is 0. The van der Waals surface area contributed by atoms with Gasteiger partial charge in [-0.1, -0.05) is 168 Å². The fraction of sp³-hybridized carbons (Fsp3) is 0. The van der Waals surface area contributed by atoms with E-state index in [4.69, 9.17) is 56.4 Å². The molecule has 9 rings (SSSR count). The van der Waals surface area contributed by atoms with E-state index in [1.54, 1.807) is 0 Å². The largest absolute Gasteiger partial charge is 0.353 e. The molecular formula is C44H26Cl4N4. The van der Waals surface area contributed by atoms with Crippen LogP contribution in [0.1, 0.15) is 22.8 Å². The van der Waals surface area contributed by atoms with Crippen LogP contribution >= 0.6 is 46.4 Å². The first kappa shape index (κ1) is 32.5. The van der Waals surface area contributed by atoms with Crippen molar-refractivity contribution in [1.82, 2.24) is 19.9 Å². The summed E-state index contributed by atoms with van der Waals surface area (Å²) in [6.07, 6.45) is 5.90. The molecule has 0 aliphatic carbocycles. The smallest absolute Gasteiger partial charge is 0.0923 e. The van der Waals surface area contributed by atoms with E-state index in [9.17, 15) is 0 Å². The van der Waals surface area contributed by atoms with Crippen LogP contribution in [0.2, 0.25) is 15.1 Å². The molecule has 4 nitrogen and oxygen atoms in total. The number of H-pyrrole nitrogens is 2. The molecule has 0 spiro atoms. The molecule has 250 valence electrons. The zero-order valence-corrected chi connectivity index (χ0v) is 30.3. The van der Waals surface area contributed by atoms with E-state index in [2.05, 4.69) is 22.1 Å². The van der Waals surface area contributed by atoms with Crippen LogP contribution in [0.15, 0.2) is 127 Å². The molecule has 4 aromatic carbocycles. The predicted molar refractivity (Wildman–Crippen MR) is 220 cm³/mol. The van der Waals surface area contributed by atoms with E-state index >= 15 is 0 Å².